The Morgan fingerprint density at radius 3 is 2.60 bits per heavy atom. The van der Waals surface area contributed by atoms with Crippen LogP contribution in [0.5, 0.6) is 5.75 Å². The molecule has 0 bridgehead atoms. The maximum Gasteiger partial charge on any atom is 0.319 e. The highest BCUT2D eigenvalue weighted by molar-refractivity contribution is 7.09. The molecule has 0 saturated carbocycles. The maximum atomic E-state index is 12.1. The topological polar surface area (TPSA) is 92.3 Å². The molecule has 1 heterocycles. The van der Waals surface area contributed by atoms with Crippen LogP contribution in [0.2, 0.25) is 0 Å². The van der Waals surface area contributed by atoms with Gasteiger partial charge in [0.1, 0.15) is 5.75 Å². The summed E-state index contributed by atoms with van der Waals surface area (Å²) in [5, 5.41) is 11.5. The number of nitrogens with one attached hydrogen (secondary N) is 3. The number of amides is 3. The highest BCUT2D eigenvalue weighted by Crippen LogP contribution is 2.17. The molecule has 30 heavy (non-hydrogen) atoms. The van der Waals surface area contributed by atoms with E-state index in [1.54, 1.807) is 47.7 Å². The zero-order valence-electron chi connectivity index (χ0n) is 16.7. The summed E-state index contributed by atoms with van der Waals surface area (Å²) in [5.74, 6) is 0.233. The van der Waals surface area contributed by atoms with Crippen LogP contribution in [0, 0.1) is 0 Å². The number of benzene rings is 2. The fourth-order valence-electron chi connectivity index (χ4n) is 2.64. The number of carbonyl (C=O) groups excluding carboxylic acids is 2. The third-order valence-corrected chi connectivity index (χ3v) is 5.13. The van der Waals surface area contributed by atoms with Gasteiger partial charge in [-0.15, -0.1) is 11.3 Å². The van der Waals surface area contributed by atoms with Gasteiger partial charge in [-0.05, 0) is 30.7 Å². The fraction of sp³-hybridized carbons (Fsp3) is 0.227. The standard InChI is InChI=1S/C22H24N4O3S/c1-2-21-25-18(15-30-21)11-12-23-22(28)26-17-9-6-10-19(13-17)29-14-20(27)24-16-7-4-3-5-8-16/h3-10,13,15H,2,11-12,14H2,1H3,(H,24,27)(H2,23,26,28). The normalized spacial score (nSPS) is 10.3. The van der Waals surface area contributed by atoms with Gasteiger partial charge in [-0.3, -0.25) is 4.79 Å². The first kappa shape index (κ1) is 21.3. The third kappa shape index (κ3) is 6.89. The van der Waals surface area contributed by atoms with E-state index < -0.39 is 0 Å². The lowest BCUT2D eigenvalue weighted by Crippen LogP contribution is -2.30. The van der Waals surface area contributed by atoms with Crippen molar-refractivity contribution in [2.75, 3.05) is 23.8 Å². The van der Waals surface area contributed by atoms with E-state index in [0.29, 0.717) is 30.1 Å². The summed E-state index contributed by atoms with van der Waals surface area (Å²) in [5.41, 5.74) is 2.28. The Hall–Kier alpha value is -3.39. The lowest BCUT2D eigenvalue weighted by atomic mass is 10.3. The van der Waals surface area contributed by atoms with E-state index in [1.807, 2.05) is 23.6 Å². The Labute approximate surface area is 179 Å². The molecule has 0 spiro atoms. The van der Waals surface area contributed by atoms with Crippen molar-refractivity contribution >= 4 is 34.6 Å². The minimum Gasteiger partial charge on any atom is -0.484 e. The second kappa shape index (κ2) is 11.0. The number of ether oxygens (including phenoxy) is 1. The van der Waals surface area contributed by atoms with E-state index in [-0.39, 0.29) is 18.5 Å². The van der Waals surface area contributed by atoms with Crippen molar-refractivity contribution in [2.24, 2.45) is 0 Å². The maximum absolute atomic E-state index is 12.1. The minimum absolute atomic E-state index is 0.127. The monoisotopic (exact) mass is 424 g/mol. The van der Waals surface area contributed by atoms with Crippen LogP contribution in [0.1, 0.15) is 17.6 Å². The molecular formula is C22H24N4O3S. The number of urea groups is 1. The molecule has 0 saturated heterocycles. The zero-order chi connectivity index (χ0) is 21.2. The number of hydrogen-bond donors (Lipinski definition) is 3. The van der Waals surface area contributed by atoms with Gasteiger partial charge in [0.25, 0.3) is 5.91 Å². The number of aryl methyl sites for hydroxylation is 1. The molecule has 0 aliphatic rings. The molecule has 0 unspecified atom stereocenters. The molecule has 3 rings (SSSR count). The molecule has 0 aliphatic heterocycles. The van der Waals surface area contributed by atoms with Crippen molar-refractivity contribution < 1.29 is 14.3 Å². The molecule has 0 radical (unpaired) electrons. The number of thiazole rings is 1. The van der Waals surface area contributed by atoms with Crippen molar-refractivity contribution in [3.05, 3.63) is 70.7 Å². The Morgan fingerprint density at radius 1 is 1.03 bits per heavy atom. The number of anilines is 2. The van der Waals surface area contributed by atoms with Gasteiger partial charge in [-0.1, -0.05) is 31.2 Å². The Balaban J connectivity index is 1.41. The fourth-order valence-corrected chi connectivity index (χ4v) is 3.42. The quantitative estimate of drug-likeness (QED) is 0.482. The van der Waals surface area contributed by atoms with E-state index in [2.05, 4.69) is 27.9 Å². The second-order valence-electron chi connectivity index (χ2n) is 6.45. The smallest absolute Gasteiger partial charge is 0.319 e. The Bertz CT molecular complexity index is 975. The molecule has 8 heteroatoms. The number of rotatable bonds is 9. The van der Waals surface area contributed by atoms with Gasteiger partial charge in [-0.2, -0.15) is 0 Å². The van der Waals surface area contributed by atoms with Crippen LogP contribution in [0.3, 0.4) is 0 Å². The Kier molecular flexibility index (Phi) is 7.79. The number of carbonyl (C=O) groups is 2. The predicted octanol–water partition coefficient (Wildman–Crippen LogP) is 4.09. The first-order chi connectivity index (χ1) is 14.6. The lowest BCUT2D eigenvalue weighted by molar-refractivity contribution is -0.118. The lowest BCUT2D eigenvalue weighted by Gasteiger charge is -2.10. The predicted molar refractivity (Wildman–Crippen MR) is 119 cm³/mol. The Morgan fingerprint density at radius 2 is 1.83 bits per heavy atom. The minimum atomic E-state index is -0.306. The highest BCUT2D eigenvalue weighted by Gasteiger charge is 2.07. The number of aromatic nitrogens is 1. The average Bonchev–Trinajstić information content (AvgIpc) is 3.21. The van der Waals surface area contributed by atoms with Gasteiger partial charge in [0, 0.05) is 35.8 Å². The SMILES string of the molecule is CCc1nc(CCNC(=O)Nc2cccc(OCC(=O)Nc3ccccc3)c2)cs1. The zero-order valence-corrected chi connectivity index (χ0v) is 17.5. The average molecular weight is 425 g/mol. The molecule has 3 N–H and O–H groups in total. The summed E-state index contributed by atoms with van der Waals surface area (Å²) >= 11 is 1.64. The van der Waals surface area contributed by atoms with Gasteiger partial charge < -0.3 is 20.7 Å². The number of hydrogen-bond acceptors (Lipinski definition) is 5. The van der Waals surface area contributed by atoms with Crippen LogP contribution < -0.4 is 20.7 Å². The van der Waals surface area contributed by atoms with Crippen LogP contribution in [0.4, 0.5) is 16.2 Å². The summed E-state index contributed by atoms with van der Waals surface area (Å²) in [6.07, 6.45) is 1.61. The van der Waals surface area contributed by atoms with E-state index >= 15 is 0 Å². The van der Waals surface area contributed by atoms with Crippen LogP contribution in [-0.2, 0) is 17.6 Å². The van der Waals surface area contributed by atoms with Crippen molar-refractivity contribution in [2.45, 2.75) is 19.8 Å². The number of para-hydroxylation sites is 1. The molecule has 0 fully saturated rings. The van der Waals surface area contributed by atoms with Gasteiger partial charge >= 0.3 is 6.03 Å². The van der Waals surface area contributed by atoms with E-state index in [4.69, 9.17) is 4.74 Å². The third-order valence-electron chi connectivity index (χ3n) is 4.09. The molecule has 0 atom stereocenters. The molecule has 2 aromatic carbocycles. The van der Waals surface area contributed by atoms with Gasteiger partial charge in [0.05, 0.1) is 10.7 Å². The first-order valence-corrected chi connectivity index (χ1v) is 10.6. The summed E-state index contributed by atoms with van der Waals surface area (Å²) in [6, 6.07) is 15.8. The summed E-state index contributed by atoms with van der Waals surface area (Å²) in [7, 11) is 0. The summed E-state index contributed by atoms with van der Waals surface area (Å²) in [6.45, 7) is 2.44. The van der Waals surface area contributed by atoms with Crippen LogP contribution >= 0.6 is 11.3 Å². The van der Waals surface area contributed by atoms with Gasteiger partial charge in [-0.25, -0.2) is 9.78 Å². The highest BCUT2D eigenvalue weighted by atomic mass is 32.1. The van der Waals surface area contributed by atoms with E-state index in [1.165, 1.54) is 0 Å². The van der Waals surface area contributed by atoms with Crippen LogP contribution in [-0.4, -0.2) is 30.1 Å². The van der Waals surface area contributed by atoms with E-state index in [9.17, 15) is 9.59 Å². The molecule has 3 aromatic rings. The number of nitrogens with zero attached hydrogens (tertiary/aromatic N) is 1. The van der Waals surface area contributed by atoms with Crippen molar-refractivity contribution in [3.63, 3.8) is 0 Å². The molecule has 0 aliphatic carbocycles. The second-order valence-corrected chi connectivity index (χ2v) is 7.39. The molecular weight excluding hydrogens is 400 g/mol. The van der Waals surface area contributed by atoms with E-state index in [0.717, 1.165) is 17.1 Å². The largest absolute Gasteiger partial charge is 0.484 e. The molecule has 3 amide bonds. The van der Waals surface area contributed by atoms with Crippen molar-refractivity contribution in [1.29, 1.82) is 0 Å². The van der Waals surface area contributed by atoms with Crippen LogP contribution in [0.25, 0.3) is 0 Å². The van der Waals surface area contributed by atoms with Crippen molar-refractivity contribution in [1.82, 2.24) is 10.3 Å². The van der Waals surface area contributed by atoms with Gasteiger partial charge in [0.15, 0.2) is 6.61 Å². The van der Waals surface area contributed by atoms with Crippen LogP contribution in [0.15, 0.2) is 60.0 Å². The van der Waals surface area contributed by atoms with Crippen molar-refractivity contribution in [3.8, 4) is 5.75 Å². The summed E-state index contributed by atoms with van der Waals surface area (Å²) < 4.78 is 5.52. The molecule has 7 nitrogen and oxygen atoms in total. The van der Waals surface area contributed by atoms with Gasteiger partial charge in [0.2, 0.25) is 0 Å². The first-order valence-electron chi connectivity index (χ1n) is 9.68. The molecule has 156 valence electrons. The summed E-state index contributed by atoms with van der Waals surface area (Å²) in [4.78, 5) is 28.6. The molecule has 1 aromatic heterocycles.